The Kier molecular flexibility index (Phi) is 2.45. The van der Waals surface area contributed by atoms with Crippen molar-refractivity contribution >= 4 is 5.78 Å². The number of hydrogen-bond acceptors (Lipinski definition) is 5. The molecule has 2 N–H and O–H groups in total. The number of ketones is 1. The Morgan fingerprint density at radius 3 is 2.96 bits per heavy atom. The SMILES string of the molecule is COc1ccc2c3c1OC1C(=O)CC(O)C4(O)C(CCCC314)C2. The first-order chi connectivity index (χ1) is 11.0. The van der Waals surface area contributed by atoms with Gasteiger partial charge < -0.3 is 19.7 Å². The van der Waals surface area contributed by atoms with Crippen molar-refractivity contribution in [1.82, 2.24) is 0 Å². The lowest BCUT2D eigenvalue weighted by molar-refractivity contribution is -0.219. The molecule has 2 saturated carbocycles. The summed E-state index contributed by atoms with van der Waals surface area (Å²) in [5.74, 6) is 1.05. The van der Waals surface area contributed by atoms with Crippen LogP contribution in [0.1, 0.15) is 36.8 Å². The quantitative estimate of drug-likeness (QED) is 0.812. The zero-order chi connectivity index (χ0) is 16.0. The highest BCUT2D eigenvalue weighted by atomic mass is 16.5. The van der Waals surface area contributed by atoms with Crippen LogP contribution in [0.5, 0.6) is 11.5 Å². The molecular weight excluding hydrogens is 296 g/mol. The fraction of sp³-hybridized carbons (Fsp3) is 0.611. The number of Topliss-reactive ketones (excluding diaryl/α,β-unsaturated/α-hetero) is 1. The van der Waals surface area contributed by atoms with Crippen molar-refractivity contribution < 1.29 is 24.5 Å². The van der Waals surface area contributed by atoms with Crippen LogP contribution in [0.4, 0.5) is 0 Å². The molecule has 1 aromatic rings. The standard InChI is InChI=1S/C18H20O5/c1-22-12-5-4-9-7-10-3-2-6-17-14(9)15(12)23-16(17)11(19)8-13(20)18(10,17)21/h4-5,10,13,16,20-21H,2-3,6-8H2,1H3. The lowest BCUT2D eigenvalue weighted by atomic mass is 9.45. The van der Waals surface area contributed by atoms with E-state index in [-0.39, 0.29) is 18.1 Å². The van der Waals surface area contributed by atoms with Gasteiger partial charge in [0.25, 0.3) is 0 Å². The van der Waals surface area contributed by atoms with Gasteiger partial charge in [0.1, 0.15) is 5.60 Å². The molecule has 5 atom stereocenters. The third-order valence-electron chi connectivity index (χ3n) is 6.68. The van der Waals surface area contributed by atoms with Gasteiger partial charge in [0.2, 0.25) is 0 Å². The van der Waals surface area contributed by atoms with Crippen molar-refractivity contribution in [3.05, 3.63) is 23.3 Å². The van der Waals surface area contributed by atoms with Crippen LogP contribution in [0.25, 0.3) is 0 Å². The molecule has 0 saturated heterocycles. The third kappa shape index (κ3) is 1.28. The van der Waals surface area contributed by atoms with Crippen LogP contribution in [0.3, 0.4) is 0 Å². The van der Waals surface area contributed by atoms with Gasteiger partial charge in [-0.1, -0.05) is 12.5 Å². The zero-order valence-electron chi connectivity index (χ0n) is 13.0. The molecule has 5 unspecified atom stereocenters. The van der Waals surface area contributed by atoms with Crippen LogP contribution in [-0.4, -0.2) is 40.9 Å². The predicted molar refractivity (Wildman–Crippen MR) is 80.7 cm³/mol. The molecule has 0 aromatic heterocycles. The summed E-state index contributed by atoms with van der Waals surface area (Å²) in [5, 5.41) is 22.3. The number of carbonyl (C=O) groups is 1. The summed E-state index contributed by atoms with van der Waals surface area (Å²) in [4.78, 5) is 12.6. The average Bonchev–Trinajstić information content (AvgIpc) is 2.86. The van der Waals surface area contributed by atoms with Gasteiger partial charge in [0, 0.05) is 12.0 Å². The molecule has 4 aliphatic rings. The van der Waals surface area contributed by atoms with Crippen molar-refractivity contribution in [2.24, 2.45) is 5.92 Å². The molecule has 0 radical (unpaired) electrons. The van der Waals surface area contributed by atoms with E-state index in [1.807, 2.05) is 12.1 Å². The minimum atomic E-state index is -1.28. The fourth-order valence-corrected chi connectivity index (χ4v) is 5.86. The Balaban J connectivity index is 1.88. The summed E-state index contributed by atoms with van der Waals surface area (Å²) in [6.07, 6.45) is 1.42. The number of benzene rings is 1. The van der Waals surface area contributed by atoms with Crippen molar-refractivity contribution in [2.75, 3.05) is 7.11 Å². The minimum absolute atomic E-state index is 0.0303. The van der Waals surface area contributed by atoms with Gasteiger partial charge >= 0.3 is 0 Å². The lowest BCUT2D eigenvalue weighted by Crippen LogP contribution is -2.75. The summed E-state index contributed by atoms with van der Waals surface area (Å²) in [6.45, 7) is 0. The summed E-state index contributed by atoms with van der Waals surface area (Å²) >= 11 is 0. The van der Waals surface area contributed by atoms with E-state index in [1.165, 1.54) is 0 Å². The highest BCUT2D eigenvalue weighted by Crippen LogP contribution is 2.66. The van der Waals surface area contributed by atoms with Gasteiger partial charge in [-0.05, 0) is 36.8 Å². The van der Waals surface area contributed by atoms with Crippen LogP contribution in [0.15, 0.2) is 12.1 Å². The van der Waals surface area contributed by atoms with Crippen molar-refractivity contribution in [2.45, 2.75) is 55.3 Å². The normalized spacial score (nSPS) is 42.9. The average molecular weight is 316 g/mol. The van der Waals surface area contributed by atoms with Gasteiger partial charge in [-0.15, -0.1) is 0 Å². The van der Waals surface area contributed by atoms with Gasteiger partial charge in [-0.2, -0.15) is 0 Å². The molecule has 5 nitrogen and oxygen atoms in total. The van der Waals surface area contributed by atoms with Gasteiger partial charge in [0.15, 0.2) is 23.4 Å². The maximum absolute atomic E-state index is 12.6. The molecule has 2 fully saturated rings. The topological polar surface area (TPSA) is 76.0 Å². The second-order valence-electron chi connectivity index (χ2n) is 7.41. The first-order valence-corrected chi connectivity index (χ1v) is 8.34. The van der Waals surface area contributed by atoms with Crippen LogP contribution in [0.2, 0.25) is 0 Å². The van der Waals surface area contributed by atoms with Crippen LogP contribution in [-0.2, 0) is 16.6 Å². The summed E-state index contributed by atoms with van der Waals surface area (Å²) in [6, 6.07) is 3.90. The van der Waals surface area contributed by atoms with E-state index >= 15 is 0 Å². The highest BCUT2D eigenvalue weighted by molar-refractivity contribution is 5.90. The Morgan fingerprint density at radius 2 is 2.17 bits per heavy atom. The first kappa shape index (κ1) is 13.8. The number of aliphatic hydroxyl groups is 2. The predicted octanol–water partition coefficient (Wildman–Crippen LogP) is 1.11. The van der Waals surface area contributed by atoms with Crippen molar-refractivity contribution in [1.29, 1.82) is 0 Å². The van der Waals surface area contributed by atoms with E-state index in [4.69, 9.17) is 9.47 Å². The van der Waals surface area contributed by atoms with Gasteiger partial charge in [-0.3, -0.25) is 4.79 Å². The minimum Gasteiger partial charge on any atom is -0.493 e. The Bertz CT molecular complexity index is 728. The van der Waals surface area contributed by atoms with E-state index in [9.17, 15) is 15.0 Å². The van der Waals surface area contributed by atoms with Crippen molar-refractivity contribution in [3.8, 4) is 11.5 Å². The van der Waals surface area contributed by atoms with E-state index in [0.717, 1.165) is 24.0 Å². The molecule has 1 heterocycles. The van der Waals surface area contributed by atoms with E-state index in [0.29, 0.717) is 24.3 Å². The molecule has 1 spiro atoms. The summed E-state index contributed by atoms with van der Waals surface area (Å²) in [5.41, 5.74) is -0.0664. The molecule has 1 aromatic carbocycles. The van der Waals surface area contributed by atoms with Gasteiger partial charge in [0.05, 0.1) is 18.6 Å². The molecule has 3 aliphatic carbocycles. The number of ether oxygens (including phenoxy) is 2. The number of hydrogen-bond donors (Lipinski definition) is 2. The Hall–Kier alpha value is -1.59. The Labute approximate surface area is 134 Å². The lowest BCUT2D eigenvalue weighted by Gasteiger charge is -2.61. The summed E-state index contributed by atoms with van der Waals surface area (Å²) < 4.78 is 11.5. The van der Waals surface area contributed by atoms with Crippen LogP contribution < -0.4 is 9.47 Å². The van der Waals surface area contributed by atoms with Crippen molar-refractivity contribution in [3.63, 3.8) is 0 Å². The number of methoxy groups -OCH3 is 1. The largest absolute Gasteiger partial charge is 0.493 e. The third-order valence-corrected chi connectivity index (χ3v) is 6.68. The Morgan fingerprint density at radius 1 is 1.35 bits per heavy atom. The van der Waals surface area contributed by atoms with E-state index in [1.54, 1.807) is 7.11 Å². The fourth-order valence-electron chi connectivity index (χ4n) is 5.86. The molecule has 0 amide bonds. The van der Waals surface area contributed by atoms with Crippen LogP contribution in [0, 0.1) is 5.92 Å². The van der Waals surface area contributed by atoms with E-state index in [2.05, 4.69) is 0 Å². The van der Waals surface area contributed by atoms with Crippen LogP contribution >= 0.6 is 0 Å². The highest BCUT2D eigenvalue weighted by Gasteiger charge is 2.74. The molecule has 5 rings (SSSR count). The molecule has 5 heteroatoms. The monoisotopic (exact) mass is 316 g/mol. The maximum atomic E-state index is 12.6. The van der Waals surface area contributed by atoms with Gasteiger partial charge in [-0.25, -0.2) is 0 Å². The smallest absolute Gasteiger partial charge is 0.177 e. The second-order valence-corrected chi connectivity index (χ2v) is 7.41. The maximum Gasteiger partial charge on any atom is 0.177 e. The molecule has 1 aliphatic heterocycles. The number of aliphatic hydroxyl groups excluding tert-OH is 1. The zero-order valence-corrected chi connectivity index (χ0v) is 13.0. The molecule has 23 heavy (non-hydrogen) atoms. The second kappa shape index (κ2) is 4.08. The number of carbonyl (C=O) groups excluding carboxylic acids is 1. The number of rotatable bonds is 1. The first-order valence-electron chi connectivity index (χ1n) is 8.34. The molecular formula is C18H20O5. The molecule has 122 valence electrons. The molecule has 2 bridgehead atoms. The van der Waals surface area contributed by atoms with E-state index < -0.39 is 23.2 Å². The summed E-state index contributed by atoms with van der Waals surface area (Å²) in [7, 11) is 1.58.